The van der Waals surface area contributed by atoms with Crippen molar-refractivity contribution in [3.05, 3.63) is 23.8 Å². The Hall–Kier alpha value is -1.36. The summed E-state index contributed by atoms with van der Waals surface area (Å²) in [6.07, 6.45) is 2.25. The summed E-state index contributed by atoms with van der Waals surface area (Å²) in [5, 5.41) is 8.83. The maximum absolute atomic E-state index is 10.7. The van der Waals surface area contributed by atoms with Crippen molar-refractivity contribution >= 4 is 17.7 Å². The minimum absolute atomic E-state index is 0.000866. The van der Waals surface area contributed by atoms with Crippen LogP contribution in [0.1, 0.15) is 18.4 Å². The van der Waals surface area contributed by atoms with Crippen molar-refractivity contribution in [1.82, 2.24) is 0 Å². The van der Waals surface area contributed by atoms with Gasteiger partial charge in [-0.25, -0.2) is 0 Å². The summed E-state index contributed by atoms with van der Waals surface area (Å²) in [4.78, 5) is 10.7. The highest BCUT2D eigenvalue weighted by atomic mass is 32.2. The Morgan fingerprint density at radius 1 is 1.37 bits per heavy atom. The van der Waals surface area contributed by atoms with E-state index >= 15 is 0 Å². The van der Waals surface area contributed by atoms with Gasteiger partial charge in [-0.2, -0.15) is 11.8 Å². The van der Waals surface area contributed by atoms with Crippen molar-refractivity contribution in [1.29, 1.82) is 0 Å². The lowest BCUT2D eigenvalue weighted by Gasteiger charge is -2.24. The van der Waals surface area contributed by atoms with Crippen LogP contribution in [-0.2, 0) is 11.2 Å². The first kappa shape index (κ1) is 14.1. The van der Waals surface area contributed by atoms with Crippen LogP contribution in [-0.4, -0.2) is 35.8 Å². The van der Waals surface area contributed by atoms with Gasteiger partial charge < -0.3 is 14.6 Å². The Morgan fingerprint density at radius 2 is 2.11 bits per heavy atom. The average Bonchev–Trinajstić information content (AvgIpc) is 2.39. The number of carbonyl (C=O) groups is 1. The molecular weight excluding hydrogens is 264 g/mol. The largest absolute Gasteiger partial charge is 0.493 e. The zero-order valence-electron chi connectivity index (χ0n) is 10.9. The molecule has 104 valence electrons. The smallest absolute Gasteiger partial charge is 0.307 e. The molecule has 2 rings (SSSR count). The SMILES string of the molecule is COc1ccc(CC(=O)O)cc1OC1CCSCC1. The normalized spacial score (nSPS) is 16.1. The Morgan fingerprint density at radius 3 is 2.74 bits per heavy atom. The van der Waals surface area contributed by atoms with Gasteiger partial charge in [-0.3, -0.25) is 4.79 Å². The summed E-state index contributed by atoms with van der Waals surface area (Å²) in [6, 6.07) is 5.30. The van der Waals surface area contributed by atoms with Gasteiger partial charge in [0.15, 0.2) is 11.5 Å². The van der Waals surface area contributed by atoms with Crippen LogP contribution in [0.2, 0.25) is 0 Å². The fourth-order valence-electron chi connectivity index (χ4n) is 2.07. The zero-order chi connectivity index (χ0) is 13.7. The fraction of sp³-hybridized carbons (Fsp3) is 0.500. The molecule has 19 heavy (non-hydrogen) atoms. The molecule has 1 fully saturated rings. The van der Waals surface area contributed by atoms with Crippen LogP contribution in [0.15, 0.2) is 18.2 Å². The molecular formula is C14H18O4S. The van der Waals surface area contributed by atoms with Crippen LogP contribution in [0.4, 0.5) is 0 Å². The van der Waals surface area contributed by atoms with Crippen molar-refractivity contribution < 1.29 is 19.4 Å². The molecule has 1 heterocycles. The van der Waals surface area contributed by atoms with E-state index in [4.69, 9.17) is 14.6 Å². The molecule has 0 aromatic heterocycles. The van der Waals surface area contributed by atoms with E-state index in [2.05, 4.69) is 0 Å². The minimum atomic E-state index is -0.842. The number of methoxy groups -OCH3 is 1. The molecule has 0 unspecified atom stereocenters. The van der Waals surface area contributed by atoms with Crippen molar-refractivity contribution in [2.75, 3.05) is 18.6 Å². The van der Waals surface area contributed by atoms with Gasteiger partial charge in [0, 0.05) is 0 Å². The first-order valence-corrected chi connectivity index (χ1v) is 7.47. The van der Waals surface area contributed by atoms with Crippen molar-refractivity contribution in [2.24, 2.45) is 0 Å². The van der Waals surface area contributed by atoms with Gasteiger partial charge >= 0.3 is 5.97 Å². The fourth-order valence-corrected chi connectivity index (χ4v) is 3.13. The lowest BCUT2D eigenvalue weighted by molar-refractivity contribution is -0.136. The molecule has 0 aliphatic carbocycles. The van der Waals surface area contributed by atoms with E-state index < -0.39 is 5.97 Å². The average molecular weight is 282 g/mol. The van der Waals surface area contributed by atoms with E-state index in [1.165, 1.54) is 0 Å². The second-order valence-electron chi connectivity index (χ2n) is 4.49. The predicted octanol–water partition coefficient (Wildman–Crippen LogP) is 2.60. The Balaban J connectivity index is 2.12. The highest BCUT2D eigenvalue weighted by Crippen LogP contribution is 2.31. The summed E-state index contributed by atoms with van der Waals surface area (Å²) in [5.41, 5.74) is 0.730. The quantitative estimate of drug-likeness (QED) is 0.899. The molecule has 5 heteroatoms. The van der Waals surface area contributed by atoms with E-state index in [0.29, 0.717) is 11.5 Å². The standard InChI is InChI=1S/C14H18O4S/c1-17-12-3-2-10(9-14(15)16)8-13(12)18-11-4-6-19-7-5-11/h2-3,8,11H,4-7,9H2,1H3,(H,15,16). The summed E-state index contributed by atoms with van der Waals surface area (Å²) < 4.78 is 11.2. The third kappa shape index (κ3) is 4.06. The van der Waals surface area contributed by atoms with Crippen molar-refractivity contribution in [3.63, 3.8) is 0 Å². The first-order valence-electron chi connectivity index (χ1n) is 6.32. The van der Waals surface area contributed by atoms with Gasteiger partial charge in [-0.15, -0.1) is 0 Å². The third-order valence-corrected chi connectivity index (χ3v) is 4.09. The summed E-state index contributed by atoms with van der Waals surface area (Å²) in [5.74, 6) is 2.69. The summed E-state index contributed by atoms with van der Waals surface area (Å²) in [7, 11) is 1.59. The van der Waals surface area contributed by atoms with E-state index in [1.54, 1.807) is 25.3 Å². The van der Waals surface area contributed by atoms with Crippen LogP contribution in [0.25, 0.3) is 0 Å². The van der Waals surface area contributed by atoms with E-state index in [1.807, 2.05) is 11.8 Å². The van der Waals surface area contributed by atoms with Crippen molar-refractivity contribution in [2.45, 2.75) is 25.4 Å². The number of hydrogen-bond donors (Lipinski definition) is 1. The number of thioether (sulfide) groups is 1. The van der Waals surface area contributed by atoms with E-state index in [0.717, 1.165) is 29.9 Å². The Kier molecular flexibility index (Phi) is 4.96. The Labute approximate surface area is 117 Å². The monoisotopic (exact) mass is 282 g/mol. The molecule has 0 atom stereocenters. The molecule has 1 aliphatic heterocycles. The number of hydrogen-bond acceptors (Lipinski definition) is 4. The lowest BCUT2D eigenvalue weighted by atomic mass is 10.1. The van der Waals surface area contributed by atoms with Crippen LogP contribution in [0, 0.1) is 0 Å². The number of carboxylic acid groups (broad SMARTS) is 1. The second kappa shape index (κ2) is 6.70. The first-order chi connectivity index (χ1) is 9.19. The van der Waals surface area contributed by atoms with E-state index in [9.17, 15) is 4.79 Å². The van der Waals surface area contributed by atoms with Gasteiger partial charge in [0.2, 0.25) is 0 Å². The summed E-state index contributed by atoms with van der Waals surface area (Å²) >= 11 is 1.94. The highest BCUT2D eigenvalue weighted by Gasteiger charge is 2.17. The van der Waals surface area contributed by atoms with Crippen LogP contribution >= 0.6 is 11.8 Å². The second-order valence-corrected chi connectivity index (χ2v) is 5.71. The number of rotatable bonds is 5. The molecule has 1 aromatic rings. The molecule has 4 nitrogen and oxygen atoms in total. The molecule has 0 radical (unpaired) electrons. The molecule has 0 amide bonds. The lowest BCUT2D eigenvalue weighted by Crippen LogP contribution is -2.22. The number of carboxylic acids is 1. The zero-order valence-corrected chi connectivity index (χ0v) is 11.7. The highest BCUT2D eigenvalue weighted by molar-refractivity contribution is 7.99. The van der Waals surface area contributed by atoms with Gasteiger partial charge in [0.25, 0.3) is 0 Å². The van der Waals surface area contributed by atoms with Crippen LogP contribution in [0.5, 0.6) is 11.5 Å². The van der Waals surface area contributed by atoms with E-state index in [-0.39, 0.29) is 12.5 Å². The van der Waals surface area contributed by atoms with Gasteiger partial charge in [0.05, 0.1) is 13.5 Å². The number of benzene rings is 1. The van der Waals surface area contributed by atoms with Gasteiger partial charge in [-0.1, -0.05) is 6.07 Å². The molecule has 1 N–H and O–H groups in total. The maximum atomic E-state index is 10.7. The minimum Gasteiger partial charge on any atom is -0.493 e. The molecule has 0 saturated carbocycles. The molecule has 1 aliphatic rings. The molecule has 1 aromatic carbocycles. The van der Waals surface area contributed by atoms with Crippen LogP contribution < -0.4 is 9.47 Å². The number of ether oxygens (including phenoxy) is 2. The topological polar surface area (TPSA) is 55.8 Å². The van der Waals surface area contributed by atoms with Crippen molar-refractivity contribution in [3.8, 4) is 11.5 Å². The van der Waals surface area contributed by atoms with Gasteiger partial charge in [-0.05, 0) is 42.0 Å². The number of aliphatic carboxylic acids is 1. The van der Waals surface area contributed by atoms with Crippen LogP contribution in [0.3, 0.4) is 0 Å². The molecule has 1 saturated heterocycles. The third-order valence-electron chi connectivity index (χ3n) is 3.05. The summed E-state index contributed by atoms with van der Waals surface area (Å²) in [6.45, 7) is 0. The Bertz CT molecular complexity index is 441. The molecule has 0 bridgehead atoms. The molecule has 0 spiro atoms. The van der Waals surface area contributed by atoms with Gasteiger partial charge in [0.1, 0.15) is 6.10 Å². The maximum Gasteiger partial charge on any atom is 0.307 e. The predicted molar refractivity (Wildman–Crippen MR) is 75.3 cm³/mol.